The lowest BCUT2D eigenvalue weighted by Gasteiger charge is -2.20. The van der Waals surface area contributed by atoms with Crippen LogP contribution in [0.2, 0.25) is 0 Å². The van der Waals surface area contributed by atoms with Crippen LogP contribution in [0.4, 0.5) is 0 Å². The van der Waals surface area contributed by atoms with Crippen LogP contribution in [-0.2, 0) is 9.59 Å². The van der Waals surface area contributed by atoms with E-state index in [0.717, 1.165) is 0 Å². The number of amides is 1. The quantitative estimate of drug-likeness (QED) is 0.840. The monoisotopic (exact) mass is 305 g/mol. The molecule has 5 nitrogen and oxygen atoms in total. The van der Waals surface area contributed by atoms with Gasteiger partial charge in [0.05, 0.1) is 6.42 Å². The van der Waals surface area contributed by atoms with Gasteiger partial charge in [-0.2, -0.15) is 0 Å². The molecular weight excluding hydrogens is 290 g/mol. The molecule has 0 aromatic heterocycles. The van der Waals surface area contributed by atoms with Gasteiger partial charge in [-0.3, -0.25) is 14.4 Å². The molecule has 0 radical (unpaired) electrons. The number of aliphatic carboxylic acids is 1. The standard InChI is InChI=1S/C15H15NO4S/c1-16-14(20)10(8-11(17)18)12(15(16)21-2)13(19)9-6-4-3-5-7-9/h3-7,15H,8H2,1-2H3,(H,17,18)/t15-/m1/s1. The normalized spacial score (nSPS) is 18.3. The Labute approximate surface area is 126 Å². The molecule has 1 amide bonds. The number of hydrogen-bond donors (Lipinski definition) is 1. The van der Waals surface area contributed by atoms with Crippen LogP contribution in [0.5, 0.6) is 0 Å². The minimum absolute atomic E-state index is 0.0817. The summed E-state index contributed by atoms with van der Waals surface area (Å²) in [4.78, 5) is 37.3. The van der Waals surface area contributed by atoms with Gasteiger partial charge in [-0.25, -0.2) is 0 Å². The second-order valence-electron chi connectivity index (χ2n) is 4.66. The fourth-order valence-electron chi connectivity index (χ4n) is 2.37. The third-order valence-corrected chi connectivity index (χ3v) is 4.33. The lowest BCUT2D eigenvalue weighted by atomic mass is 9.98. The predicted molar refractivity (Wildman–Crippen MR) is 80.1 cm³/mol. The van der Waals surface area contributed by atoms with Crippen LogP contribution in [0.1, 0.15) is 16.8 Å². The van der Waals surface area contributed by atoms with Crippen LogP contribution in [-0.4, -0.2) is 46.3 Å². The molecule has 0 saturated carbocycles. The van der Waals surface area contributed by atoms with Gasteiger partial charge >= 0.3 is 5.97 Å². The Hall–Kier alpha value is -2.08. The number of benzene rings is 1. The van der Waals surface area contributed by atoms with Gasteiger partial charge in [0.15, 0.2) is 5.78 Å². The SMILES string of the molecule is CS[C@@H]1C(C(=O)c2ccccc2)=C(CC(=O)O)C(=O)N1C. The Morgan fingerprint density at radius 2 is 1.90 bits per heavy atom. The highest BCUT2D eigenvalue weighted by atomic mass is 32.2. The molecule has 1 aromatic rings. The van der Waals surface area contributed by atoms with E-state index in [9.17, 15) is 14.4 Å². The lowest BCUT2D eigenvalue weighted by molar-refractivity contribution is -0.137. The van der Waals surface area contributed by atoms with Crippen molar-refractivity contribution < 1.29 is 19.5 Å². The van der Waals surface area contributed by atoms with E-state index in [2.05, 4.69) is 0 Å². The van der Waals surface area contributed by atoms with Crippen molar-refractivity contribution >= 4 is 29.4 Å². The van der Waals surface area contributed by atoms with E-state index >= 15 is 0 Å². The molecule has 21 heavy (non-hydrogen) atoms. The molecule has 0 fully saturated rings. The molecule has 1 heterocycles. The minimum atomic E-state index is -1.12. The molecule has 1 aliphatic heterocycles. The van der Waals surface area contributed by atoms with Crippen LogP contribution in [0.3, 0.4) is 0 Å². The second kappa shape index (κ2) is 6.13. The van der Waals surface area contributed by atoms with E-state index in [1.165, 1.54) is 16.7 Å². The summed E-state index contributed by atoms with van der Waals surface area (Å²) in [7, 11) is 1.58. The van der Waals surface area contributed by atoms with Crippen molar-refractivity contribution in [1.82, 2.24) is 4.90 Å². The molecule has 1 N–H and O–H groups in total. The summed E-state index contributed by atoms with van der Waals surface area (Å²) >= 11 is 1.34. The summed E-state index contributed by atoms with van der Waals surface area (Å²) in [5.41, 5.74) is 0.819. The van der Waals surface area contributed by atoms with Crippen LogP contribution in [0, 0.1) is 0 Å². The number of hydrogen-bond acceptors (Lipinski definition) is 4. The number of ketones is 1. The molecule has 2 rings (SSSR count). The molecule has 110 valence electrons. The first-order chi connectivity index (χ1) is 9.97. The van der Waals surface area contributed by atoms with E-state index in [1.54, 1.807) is 43.6 Å². The van der Waals surface area contributed by atoms with Gasteiger partial charge in [0, 0.05) is 23.8 Å². The summed E-state index contributed by atoms with van der Waals surface area (Å²) < 4.78 is 0. The smallest absolute Gasteiger partial charge is 0.308 e. The average molecular weight is 305 g/mol. The molecular formula is C15H15NO4S. The maximum absolute atomic E-state index is 12.7. The zero-order chi connectivity index (χ0) is 15.6. The van der Waals surface area contributed by atoms with Crippen molar-refractivity contribution in [2.45, 2.75) is 11.8 Å². The summed E-state index contributed by atoms with van der Waals surface area (Å²) in [5.74, 6) is -1.80. The van der Waals surface area contributed by atoms with Gasteiger partial charge in [0.2, 0.25) is 0 Å². The number of nitrogens with zero attached hydrogens (tertiary/aromatic N) is 1. The van der Waals surface area contributed by atoms with Crippen molar-refractivity contribution in [3.63, 3.8) is 0 Å². The van der Waals surface area contributed by atoms with E-state index in [4.69, 9.17) is 5.11 Å². The number of likely N-dealkylation sites (N-methyl/N-ethyl adjacent to an activating group) is 1. The molecule has 0 spiro atoms. The number of rotatable bonds is 5. The molecule has 6 heteroatoms. The van der Waals surface area contributed by atoms with E-state index < -0.39 is 23.7 Å². The molecule has 1 aromatic carbocycles. The highest BCUT2D eigenvalue weighted by molar-refractivity contribution is 7.99. The average Bonchev–Trinajstić information content (AvgIpc) is 2.71. The molecule has 0 aliphatic carbocycles. The van der Waals surface area contributed by atoms with Gasteiger partial charge in [-0.05, 0) is 6.26 Å². The molecule has 0 bridgehead atoms. The Balaban J connectivity index is 2.52. The molecule has 1 aliphatic rings. The Bertz CT molecular complexity index is 624. The van der Waals surface area contributed by atoms with Crippen molar-refractivity contribution in [1.29, 1.82) is 0 Å². The third-order valence-electron chi connectivity index (χ3n) is 3.33. The van der Waals surface area contributed by atoms with Crippen LogP contribution < -0.4 is 0 Å². The van der Waals surface area contributed by atoms with Gasteiger partial charge in [-0.15, -0.1) is 11.8 Å². The first-order valence-electron chi connectivity index (χ1n) is 6.32. The summed E-state index contributed by atoms with van der Waals surface area (Å²) in [6.07, 6.45) is 1.35. The first kappa shape index (κ1) is 15.3. The van der Waals surface area contributed by atoms with E-state index in [-0.39, 0.29) is 16.9 Å². The van der Waals surface area contributed by atoms with Gasteiger partial charge in [-0.1, -0.05) is 30.3 Å². The zero-order valence-corrected chi connectivity index (χ0v) is 12.5. The number of carbonyl (C=O) groups excluding carboxylic acids is 2. The highest BCUT2D eigenvalue weighted by Crippen LogP contribution is 2.34. The third kappa shape index (κ3) is 2.85. The molecule has 0 saturated heterocycles. The largest absolute Gasteiger partial charge is 0.481 e. The number of carboxylic acid groups (broad SMARTS) is 1. The number of Topliss-reactive ketones (excluding diaryl/α,β-unsaturated/α-hetero) is 1. The van der Waals surface area contributed by atoms with Gasteiger partial charge in [0.25, 0.3) is 5.91 Å². The zero-order valence-electron chi connectivity index (χ0n) is 11.7. The van der Waals surface area contributed by atoms with Gasteiger partial charge in [0.1, 0.15) is 5.37 Å². The van der Waals surface area contributed by atoms with Crippen molar-refractivity contribution in [3.8, 4) is 0 Å². The summed E-state index contributed by atoms with van der Waals surface area (Å²) in [5, 5.41) is 8.54. The molecule has 1 atom stereocenters. The Kier molecular flexibility index (Phi) is 4.47. The van der Waals surface area contributed by atoms with Gasteiger partial charge < -0.3 is 10.0 Å². The number of thioether (sulfide) groups is 1. The number of carbonyl (C=O) groups is 3. The lowest BCUT2D eigenvalue weighted by Crippen LogP contribution is -2.30. The maximum atomic E-state index is 12.7. The van der Waals surface area contributed by atoms with Crippen LogP contribution >= 0.6 is 11.8 Å². The maximum Gasteiger partial charge on any atom is 0.308 e. The van der Waals surface area contributed by atoms with Crippen LogP contribution in [0.15, 0.2) is 41.5 Å². The Morgan fingerprint density at radius 1 is 1.29 bits per heavy atom. The number of carboxylic acids is 1. The van der Waals surface area contributed by atoms with E-state index in [0.29, 0.717) is 5.56 Å². The molecule has 0 unspecified atom stereocenters. The second-order valence-corrected chi connectivity index (χ2v) is 5.58. The van der Waals surface area contributed by atoms with E-state index in [1.807, 2.05) is 0 Å². The van der Waals surface area contributed by atoms with Crippen molar-refractivity contribution in [2.75, 3.05) is 13.3 Å². The fraction of sp³-hybridized carbons (Fsp3) is 0.267. The Morgan fingerprint density at radius 3 is 2.43 bits per heavy atom. The summed E-state index contributed by atoms with van der Waals surface area (Å²) in [6, 6.07) is 8.58. The summed E-state index contributed by atoms with van der Waals surface area (Å²) in [6.45, 7) is 0. The van der Waals surface area contributed by atoms with Crippen molar-refractivity contribution in [2.24, 2.45) is 0 Å². The predicted octanol–water partition coefficient (Wildman–Crippen LogP) is 1.80. The van der Waals surface area contributed by atoms with Crippen LogP contribution in [0.25, 0.3) is 0 Å². The fourth-order valence-corrected chi connectivity index (χ4v) is 3.27. The highest BCUT2D eigenvalue weighted by Gasteiger charge is 2.40. The van der Waals surface area contributed by atoms with Crippen molar-refractivity contribution in [3.05, 3.63) is 47.0 Å². The topological polar surface area (TPSA) is 74.7 Å². The minimum Gasteiger partial charge on any atom is -0.481 e. The first-order valence-corrected chi connectivity index (χ1v) is 7.60.